The molecule has 0 fully saturated rings. The molecule has 0 aliphatic carbocycles. The highest BCUT2D eigenvalue weighted by Crippen LogP contribution is 2.18. The predicted molar refractivity (Wildman–Crippen MR) is 223 cm³/mol. The Balaban J connectivity index is 1.63. The summed E-state index contributed by atoms with van der Waals surface area (Å²) in [5.74, 6) is -0.506. The van der Waals surface area contributed by atoms with Crippen LogP contribution in [-0.2, 0) is 9.59 Å². The Kier molecular flexibility index (Phi) is 36.4. The largest absolute Gasteiger partial charge is 0.481 e. The number of rotatable bonds is 41. The zero-order chi connectivity index (χ0) is 36.6. The van der Waals surface area contributed by atoms with Gasteiger partial charge in [-0.05, 0) is 25.0 Å². The van der Waals surface area contributed by atoms with E-state index in [1.807, 2.05) is 30.3 Å². The molecule has 0 bridgehead atoms. The van der Waals surface area contributed by atoms with Gasteiger partial charge >= 0.3 is 5.97 Å². The number of carbonyl (C=O) groups is 2. The number of anilines is 1. The van der Waals surface area contributed by atoms with Gasteiger partial charge in [-0.25, -0.2) is 0 Å². The summed E-state index contributed by atoms with van der Waals surface area (Å²) in [6, 6.07) is 9.77. The molecule has 0 heterocycles. The SMILES string of the molecule is O=C(O)CCCCCCCCCCCCCCCCCCCCCCCCCCCCCCCCCCCCCCCC(=O)Nc1ccccc1. The van der Waals surface area contributed by atoms with Crippen LogP contribution < -0.4 is 5.32 Å². The van der Waals surface area contributed by atoms with Crippen molar-refractivity contribution in [1.29, 1.82) is 0 Å². The summed E-state index contributed by atoms with van der Waals surface area (Å²) in [7, 11) is 0. The molecule has 0 atom stereocenters. The topological polar surface area (TPSA) is 66.4 Å². The normalized spacial score (nSPS) is 11.3. The van der Waals surface area contributed by atoms with E-state index >= 15 is 0 Å². The van der Waals surface area contributed by atoms with Crippen LogP contribution in [0.3, 0.4) is 0 Å². The standard InChI is InChI=1S/C47H85NO3/c49-46(48-45-41-37-36-38-42-45)43-39-34-32-30-28-26-24-22-20-18-16-14-12-10-8-6-4-2-1-3-5-7-9-11-13-15-17-19-21-23-25-27-29-31-33-35-40-44-47(50)51/h36-38,41-42H,1-35,39-40,43-44H2,(H,48,49)(H,50,51). The minimum absolute atomic E-state index is 0.145. The molecule has 1 amide bonds. The quantitative estimate of drug-likeness (QED) is 0.0665. The van der Waals surface area contributed by atoms with Gasteiger partial charge in [-0.1, -0.05) is 243 Å². The zero-order valence-corrected chi connectivity index (χ0v) is 33.7. The molecule has 0 radical (unpaired) electrons. The number of aliphatic carboxylic acids is 1. The van der Waals surface area contributed by atoms with E-state index in [0.717, 1.165) is 24.9 Å². The number of amides is 1. The van der Waals surface area contributed by atoms with E-state index in [4.69, 9.17) is 5.11 Å². The maximum atomic E-state index is 12.0. The second kappa shape index (κ2) is 39.4. The van der Waals surface area contributed by atoms with Crippen LogP contribution in [0.4, 0.5) is 5.69 Å². The third-order valence-corrected chi connectivity index (χ3v) is 10.9. The lowest BCUT2D eigenvalue weighted by atomic mass is 10.0. The molecule has 4 nitrogen and oxygen atoms in total. The van der Waals surface area contributed by atoms with E-state index in [1.165, 1.54) is 218 Å². The first-order valence-corrected chi connectivity index (χ1v) is 22.7. The molecule has 2 N–H and O–H groups in total. The summed E-state index contributed by atoms with van der Waals surface area (Å²) in [5, 5.41) is 11.6. The van der Waals surface area contributed by atoms with Crippen LogP contribution in [0, 0.1) is 0 Å². The van der Waals surface area contributed by atoms with Crippen molar-refractivity contribution in [2.75, 3.05) is 5.32 Å². The molecule has 0 aliphatic rings. The molecule has 1 aromatic carbocycles. The zero-order valence-electron chi connectivity index (χ0n) is 33.7. The van der Waals surface area contributed by atoms with Crippen molar-refractivity contribution in [1.82, 2.24) is 0 Å². The highest BCUT2D eigenvalue weighted by molar-refractivity contribution is 5.90. The fourth-order valence-corrected chi connectivity index (χ4v) is 7.49. The third kappa shape index (κ3) is 37.7. The van der Waals surface area contributed by atoms with Gasteiger partial charge in [0.05, 0.1) is 0 Å². The highest BCUT2D eigenvalue weighted by Gasteiger charge is 2.02. The van der Waals surface area contributed by atoms with E-state index in [-0.39, 0.29) is 5.91 Å². The Morgan fingerprint density at radius 3 is 0.784 bits per heavy atom. The molecule has 1 rings (SSSR count). The van der Waals surface area contributed by atoms with Gasteiger partial charge in [-0.3, -0.25) is 9.59 Å². The van der Waals surface area contributed by atoms with Gasteiger partial charge in [-0.2, -0.15) is 0 Å². The van der Waals surface area contributed by atoms with Crippen molar-refractivity contribution < 1.29 is 14.7 Å². The number of carboxylic acids is 1. The monoisotopic (exact) mass is 712 g/mol. The second-order valence-electron chi connectivity index (χ2n) is 15.9. The Morgan fingerprint density at radius 1 is 0.333 bits per heavy atom. The maximum absolute atomic E-state index is 12.0. The number of nitrogens with one attached hydrogen (secondary N) is 1. The first kappa shape index (κ1) is 47.2. The van der Waals surface area contributed by atoms with Crippen molar-refractivity contribution >= 4 is 17.6 Å². The fourth-order valence-electron chi connectivity index (χ4n) is 7.49. The molecule has 51 heavy (non-hydrogen) atoms. The van der Waals surface area contributed by atoms with Crippen LogP contribution in [0.25, 0.3) is 0 Å². The van der Waals surface area contributed by atoms with Crippen molar-refractivity contribution in [3.05, 3.63) is 30.3 Å². The minimum Gasteiger partial charge on any atom is -0.481 e. The molecule has 4 heteroatoms. The molecule has 1 aromatic rings. The van der Waals surface area contributed by atoms with Crippen LogP contribution in [0.1, 0.15) is 250 Å². The van der Waals surface area contributed by atoms with Crippen LogP contribution in [0.5, 0.6) is 0 Å². The Hall–Kier alpha value is -1.84. The highest BCUT2D eigenvalue weighted by atomic mass is 16.4. The molecule has 0 aromatic heterocycles. The number of para-hydroxylation sites is 1. The maximum Gasteiger partial charge on any atom is 0.303 e. The first-order chi connectivity index (χ1) is 25.2. The van der Waals surface area contributed by atoms with E-state index in [0.29, 0.717) is 12.8 Å². The van der Waals surface area contributed by atoms with Crippen LogP contribution in [0.2, 0.25) is 0 Å². The van der Waals surface area contributed by atoms with Gasteiger partial charge in [-0.15, -0.1) is 0 Å². The molecular formula is C47H85NO3. The molecule has 296 valence electrons. The Labute approximate surface area is 317 Å². The first-order valence-electron chi connectivity index (χ1n) is 22.7. The van der Waals surface area contributed by atoms with E-state index in [9.17, 15) is 9.59 Å². The van der Waals surface area contributed by atoms with Crippen LogP contribution in [-0.4, -0.2) is 17.0 Å². The average Bonchev–Trinajstić information content (AvgIpc) is 3.13. The number of hydrogen-bond donors (Lipinski definition) is 2. The van der Waals surface area contributed by atoms with Crippen molar-refractivity contribution in [2.24, 2.45) is 0 Å². The Morgan fingerprint density at radius 2 is 0.549 bits per heavy atom. The summed E-state index contributed by atoms with van der Waals surface area (Å²) in [6.45, 7) is 0. The molecule has 0 spiro atoms. The van der Waals surface area contributed by atoms with Gasteiger partial charge in [0, 0.05) is 18.5 Å². The number of benzene rings is 1. The van der Waals surface area contributed by atoms with Gasteiger partial charge in [0.2, 0.25) is 5.91 Å². The minimum atomic E-state index is -0.651. The summed E-state index contributed by atoms with van der Waals surface area (Å²) < 4.78 is 0. The number of carboxylic acid groups (broad SMARTS) is 1. The van der Waals surface area contributed by atoms with E-state index < -0.39 is 5.97 Å². The lowest BCUT2D eigenvalue weighted by Gasteiger charge is -2.05. The molecule has 0 unspecified atom stereocenters. The van der Waals surface area contributed by atoms with Crippen LogP contribution >= 0.6 is 0 Å². The van der Waals surface area contributed by atoms with Gasteiger partial charge in [0.1, 0.15) is 0 Å². The molecular weight excluding hydrogens is 627 g/mol. The van der Waals surface area contributed by atoms with Gasteiger partial charge in [0.25, 0.3) is 0 Å². The second-order valence-corrected chi connectivity index (χ2v) is 15.9. The van der Waals surface area contributed by atoms with Crippen molar-refractivity contribution in [3.63, 3.8) is 0 Å². The van der Waals surface area contributed by atoms with Crippen LogP contribution in [0.15, 0.2) is 30.3 Å². The summed E-state index contributed by atoms with van der Waals surface area (Å²) in [5.41, 5.74) is 0.902. The van der Waals surface area contributed by atoms with Crippen molar-refractivity contribution in [3.8, 4) is 0 Å². The summed E-state index contributed by atoms with van der Waals surface area (Å²) in [6.07, 6.45) is 51.7. The predicted octanol–water partition coefficient (Wildman–Crippen LogP) is 15.9. The average molecular weight is 712 g/mol. The number of hydrogen-bond acceptors (Lipinski definition) is 2. The lowest BCUT2D eigenvalue weighted by Crippen LogP contribution is -2.10. The van der Waals surface area contributed by atoms with Gasteiger partial charge in [0.15, 0.2) is 0 Å². The number of carbonyl (C=O) groups excluding carboxylic acids is 1. The van der Waals surface area contributed by atoms with E-state index in [2.05, 4.69) is 5.32 Å². The summed E-state index contributed by atoms with van der Waals surface area (Å²) in [4.78, 5) is 22.5. The molecule has 0 saturated heterocycles. The molecule has 0 saturated carbocycles. The molecule has 0 aliphatic heterocycles. The number of unbranched alkanes of at least 4 members (excludes halogenated alkanes) is 36. The Bertz CT molecular complexity index is 856. The lowest BCUT2D eigenvalue weighted by molar-refractivity contribution is -0.137. The fraction of sp³-hybridized carbons (Fsp3) is 0.830. The summed E-state index contributed by atoms with van der Waals surface area (Å²) >= 11 is 0. The van der Waals surface area contributed by atoms with E-state index in [1.54, 1.807) is 0 Å². The third-order valence-electron chi connectivity index (χ3n) is 10.9. The van der Waals surface area contributed by atoms with Crippen molar-refractivity contribution in [2.45, 2.75) is 250 Å². The van der Waals surface area contributed by atoms with Gasteiger partial charge < -0.3 is 10.4 Å². The smallest absolute Gasteiger partial charge is 0.303 e.